The number of hydrogen-bond donors (Lipinski definition) is 3. The van der Waals surface area contributed by atoms with Gasteiger partial charge in [-0.15, -0.1) is 0 Å². The van der Waals surface area contributed by atoms with Crippen molar-refractivity contribution in [3.8, 4) is 11.5 Å². The van der Waals surface area contributed by atoms with Gasteiger partial charge in [-0.1, -0.05) is 0 Å². The van der Waals surface area contributed by atoms with Gasteiger partial charge in [-0.05, 0) is 19.1 Å². The summed E-state index contributed by atoms with van der Waals surface area (Å²) in [5.74, 6) is 0.0614. The molecule has 0 saturated heterocycles. The number of hydrogen-bond acceptors (Lipinski definition) is 7. The lowest BCUT2D eigenvalue weighted by Crippen LogP contribution is -2.11. The zero-order valence-electron chi connectivity index (χ0n) is 13.6. The maximum Gasteiger partial charge on any atom is 0.226 e. The molecular formula is C16H17N3O5S. The van der Waals surface area contributed by atoms with Gasteiger partial charge in [0, 0.05) is 23.4 Å². The number of imidazole rings is 1. The molecule has 25 heavy (non-hydrogen) atoms. The number of rotatable bonds is 5. The highest BCUT2D eigenvalue weighted by Crippen LogP contribution is 2.27. The summed E-state index contributed by atoms with van der Waals surface area (Å²) < 4.78 is 30.6. The van der Waals surface area contributed by atoms with Gasteiger partial charge >= 0.3 is 0 Å². The van der Waals surface area contributed by atoms with Crippen LogP contribution in [0.5, 0.6) is 11.5 Å². The first kappa shape index (κ1) is 17.2. The first-order valence-electron chi connectivity index (χ1n) is 7.39. The van der Waals surface area contributed by atoms with E-state index in [4.69, 9.17) is 4.74 Å². The van der Waals surface area contributed by atoms with Gasteiger partial charge in [-0.25, -0.2) is 13.4 Å². The summed E-state index contributed by atoms with van der Waals surface area (Å²) in [5, 5.41) is 18.6. The van der Waals surface area contributed by atoms with E-state index >= 15 is 0 Å². The first-order chi connectivity index (χ1) is 11.9. The molecule has 0 saturated carbocycles. The summed E-state index contributed by atoms with van der Waals surface area (Å²) in [7, 11) is -2.33. The van der Waals surface area contributed by atoms with Gasteiger partial charge in [0.1, 0.15) is 17.3 Å². The van der Waals surface area contributed by atoms with Crippen LogP contribution in [0.1, 0.15) is 16.8 Å². The molecule has 0 unspecified atom stereocenters. The van der Waals surface area contributed by atoms with Crippen LogP contribution in [0.3, 0.4) is 0 Å². The molecule has 0 spiro atoms. The molecule has 1 aromatic carbocycles. The van der Waals surface area contributed by atoms with Gasteiger partial charge in [0.15, 0.2) is 0 Å². The van der Waals surface area contributed by atoms with Crippen LogP contribution < -0.4 is 4.74 Å². The third kappa shape index (κ3) is 3.15. The van der Waals surface area contributed by atoms with Crippen molar-refractivity contribution in [3.05, 3.63) is 41.2 Å². The molecule has 2 aromatic heterocycles. The van der Waals surface area contributed by atoms with Crippen LogP contribution in [0.4, 0.5) is 0 Å². The van der Waals surface area contributed by atoms with Crippen LogP contribution in [0.2, 0.25) is 0 Å². The van der Waals surface area contributed by atoms with E-state index in [1.165, 1.54) is 31.5 Å². The van der Waals surface area contributed by atoms with Gasteiger partial charge in [-0.2, -0.15) is 0 Å². The molecule has 0 bridgehead atoms. The van der Waals surface area contributed by atoms with E-state index in [2.05, 4.69) is 15.0 Å². The summed E-state index contributed by atoms with van der Waals surface area (Å²) >= 11 is 0. The molecule has 0 aliphatic carbocycles. The number of aromatic amines is 1. The second kappa shape index (κ2) is 6.34. The second-order valence-electron chi connectivity index (χ2n) is 5.55. The topological polar surface area (TPSA) is 125 Å². The lowest BCUT2D eigenvalue weighted by Gasteiger charge is -2.12. The van der Waals surface area contributed by atoms with Crippen LogP contribution in [-0.4, -0.2) is 40.7 Å². The molecule has 8 nitrogen and oxygen atoms in total. The second-order valence-corrected chi connectivity index (χ2v) is 7.45. The van der Waals surface area contributed by atoms with Crippen molar-refractivity contribution in [3.63, 3.8) is 0 Å². The minimum atomic E-state index is -3.78. The SMILES string of the molecule is COc1c(CO)cnc(CS(=O)(=O)c2nc3ccc(O)cc3[nH]2)c1C. The largest absolute Gasteiger partial charge is 0.508 e. The number of benzene rings is 1. The normalized spacial score (nSPS) is 11.8. The number of H-pyrrole nitrogens is 1. The van der Waals surface area contributed by atoms with Gasteiger partial charge in [0.25, 0.3) is 0 Å². The number of ether oxygens (including phenoxy) is 1. The van der Waals surface area contributed by atoms with E-state index in [-0.39, 0.29) is 23.3 Å². The van der Waals surface area contributed by atoms with Crippen molar-refractivity contribution in [2.75, 3.05) is 7.11 Å². The van der Waals surface area contributed by atoms with E-state index in [1.54, 1.807) is 6.92 Å². The van der Waals surface area contributed by atoms with Crippen LogP contribution >= 0.6 is 0 Å². The molecule has 0 aliphatic rings. The Bertz CT molecular complexity index is 1040. The Balaban J connectivity index is 2.01. The van der Waals surface area contributed by atoms with Crippen LogP contribution in [0, 0.1) is 6.92 Å². The number of pyridine rings is 1. The Morgan fingerprint density at radius 3 is 2.76 bits per heavy atom. The number of sulfone groups is 1. The highest BCUT2D eigenvalue weighted by atomic mass is 32.2. The molecule has 2 heterocycles. The molecular weight excluding hydrogens is 346 g/mol. The van der Waals surface area contributed by atoms with Crippen LogP contribution in [0.25, 0.3) is 11.0 Å². The number of aliphatic hydroxyl groups is 1. The summed E-state index contributed by atoms with van der Waals surface area (Å²) in [4.78, 5) is 10.9. The number of aromatic nitrogens is 3. The average molecular weight is 363 g/mol. The minimum Gasteiger partial charge on any atom is -0.508 e. The molecule has 0 atom stereocenters. The zero-order valence-corrected chi connectivity index (χ0v) is 14.5. The maximum absolute atomic E-state index is 12.7. The molecule has 0 amide bonds. The summed E-state index contributed by atoms with van der Waals surface area (Å²) in [6, 6.07) is 4.37. The smallest absolute Gasteiger partial charge is 0.226 e. The maximum atomic E-state index is 12.7. The highest BCUT2D eigenvalue weighted by Gasteiger charge is 2.23. The number of aromatic hydroxyl groups is 1. The summed E-state index contributed by atoms with van der Waals surface area (Å²) in [5.41, 5.74) is 2.22. The number of nitrogens with one attached hydrogen (secondary N) is 1. The Morgan fingerprint density at radius 2 is 2.08 bits per heavy atom. The average Bonchev–Trinajstić information content (AvgIpc) is 3.00. The molecule has 0 aliphatic heterocycles. The number of fused-ring (bicyclic) bond motifs is 1. The van der Waals surface area contributed by atoms with E-state index in [0.29, 0.717) is 33.6 Å². The lowest BCUT2D eigenvalue weighted by atomic mass is 10.1. The van der Waals surface area contributed by atoms with Crippen molar-refractivity contribution < 1.29 is 23.4 Å². The van der Waals surface area contributed by atoms with Crippen LogP contribution in [0.15, 0.2) is 29.6 Å². The van der Waals surface area contributed by atoms with Crippen LogP contribution in [-0.2, 0) is 22.2 Å². The monoisotopic (exact) mass is 363 g/mol. The predicted molar refractivity (Wildman–Crippen MR) is 90.1 cm³/mol. The first-order valence-corrected chi connectivity index (χ1v) is 9.04. The van der Waals surface area contributed by atoms with E-state index in [9.17, 15) is 18.6 Å². The quantitative estimate of drug-likeness (QED) is 0.626. The predicted octanol–water partition coefficient (Wildman–Crippen LogP) is 1.45. The molecule has 3 rings (SSSR count). The number of nitrogens with zero attached hydrogens (tertiary/aromatic N) is 2. The fourth-order valence-electron chi connectivity index (χ4n) is 2.60. The van der Waals surface area contributed by atoms with Crippen molar-refractivity contribution in [2.45, 2.75) is 24.4 Å². The minimum absolute atomic E-state index is 0.0157. The number of aliphatic hydroxyl groups excluding tert-OH is 1. The van der Waals surface area contributed by atoms with Crippen molar-refractivity contribution in [1.82, 2.24) is 15.0 Å². The standard InChI is InChI=1S/C16H17N3O5S/c1-9-14(17-6-10(7-20)15(9)24-2)8-25(22,23)16-18-12-4-3-11(21)5-13(12)19-16/h3-6,20-21H,7-8H2,1-2H3,(H,18,19). The van der Waals surface area contributed by atoms with E-state index in [0.717, 1.165) is 0 Å². The Hall–Kier alpha value is -2.65. The van der Waals surface area contributed by atoms with Crippen molar-refractivity contribution in [2.24, 2.45) is 0 Å². The fourth-order valence-corrected chi connectivity index (χ4v) is 3.89. The molecule has 132 valence electrons. The molecule has 0 fully saturated rings. The molecule has 3 aromatic rings. The summed E-state index contributed by atoms with van der Waals surface area (Å²) in [6.45, 7) is 1.43. The molecule has 0 radical (unpaired) electrons. The van der Waals surface area contributed by atoms with Gasteiger partial charge < -0.3 is 19.9 Å². The Morgan fingerprint density at radius 1 is 1.32 bits per heavy atom. The zero-order chi connectivity index (χ0) is 18.2. The molecule has 9 heteroatoms. The van der Waals surface area contributed by atoms with E-state index < -0.39 is 9.84 Å². The summed E-state index contributed by atoms with van der Waals surface area (Å²) in [6.07, 6.45) is 1.40. The van der Waals surface area contributed by atoms with Gasteiger partial charge in [0.2, 0.25) is 15.0 Å². The lowest BCUT2D eigenvalue weighted by molar-refractivity contribution is 0.272. The van der Waals surface area contributed by atoms with Gasteiger partial charge in [0.05, 0.1) is 30.4 Å². The molecule has 3 N–H and O–H groups in total. The Kier molecular flexibility index (Phi) is 4.36. The van der Waals surface area contributed by atoms with E-state index in [1.807, 2.05) is 0 Å². The van der Waals surface area contributed by atoms with Gasteiger partial charge in [-0.3, -0.25) is 4.98 Å². The number of phenolic OH excluding ortho intramolecular Hbond substituents is 1. The third-order valence-electron chi connectivity index (χ3n) is 3.88. The number of methoxy groups -OCH3 is 1. The number of phenols is 1. The third-order valence-corrected chi connectivity index (χ3v) is 5.32. The highest BCUT2D eigenvalue weighted by molar-refractivity contribution is 7.90. The van der Waals surface area contributed by atoms with Crippen molar-refractivity contribution in [1.29, 1.82) is 0 Å². The van der Waals surface area contributed by atoms with Crippen molar-refractivity contribution >= 4 is 20.9 Å². The Labute approximate surface area is 144 Å². The fraction of sp³-hybridized carbons (Fsp3) is 0.250.